The van der Waals surface area contributed by atoms with Crippen molar-refractivity contribution in [2.24, 2.45) is 0 Å². The Morgan fingerprint density at radius 1 is 1.57 bits per heavy atom. The molecule has 4 heteroatoms. The normalized spacial score (nSPS) is 12.5. The second-order valence-corrected chi connectivity index (χ2v) is 3.31. The van der Waals surface area contributed by atoms with Crippen molar-refractivity contribution in [1.82, 2.24) is 9.97 Å². The molecule has 0 fully saturated rings. The van der Waals surface area contributed by atoms with Crippen LogP contribution < -0.4 is 4.90 Å². The summed E-state index contributed by atoms with van der Waals surface area (Å²) in [6.07, 6.45) is 4.31. The maximum Gasteiger partial charge on any atom is 0.131 e. The smallest absolute Gasteiger partial charge is 0.131 e. The number of ether oxygens (including phenoxy) is 1. The minimum Gasteiger partial charge on any atom is -0.385 e. The summed E-state index contributed by atoms with van der Waals surface area (Å²) < 4.78 is 5.04. The third-order valence-electron chi connectivity index (χ3n) is 2.33. The predicted molar refractivity (Wildman–Crippen MR) is 56.4 cm³/mol. The van der Waals surface area contributed by atoms with Crippen LogP contribution in [0.25, 0.3) is 0 Å². The van der Waals surface area contributed by atoms with Gasteiger partial charge >= 0.3 is 0 Å². The van der Waals surface area contributed by atoms with Crippen molar-refractivity contribution in [2.45, 2.75) is 19.4 Å². The number of anilines is 1. The average molecular weight is 195 g/mol. The van der Waals surface area contributed by atoms with Gasteiger partial charge in [0.2, 0.25) is 0 Å². The Balaban J connectivity index is 2.52. The Morgan fingerprint density at radius 3 is 2.93 bits per heavy atom. The van der Waals surface area contributed by atoms with E-state index in [1.54, 1.807) is 19.6 Å². The summed E-state index contributed by atoms with van der Waals surface area (Å²) >= 11 is 0. The SMILES string of the molecule is COCCC(C)N(C)c1ccncn1. The maximum absolute atomic E-state index is 5.04. The maximum atomic E-state index is 5.04. The summed E-state index contributed by atoms with van der Waals surface area (Å²) in [6, 6.07) is 2.33. The Hall–Kier alpha value is -1.16. The van der Waals surface area contributed by atoms with Crippen LogP contribution >= 0.6 is 0 Å². The molecule has 1 rings (SSSR count). The van der Waals surface area contributed by atoms with Crippen LogP contribution in [0.2, 0.25) is 0 Å². The van der Waals surface area contributed by atoms with Crippen molar-refractivity contribution in [1.29, 1.82) is 0 Å². The zero-order valence-electron chi connectivity index (χ0n) is 8.97. The van der Waals surface area contributed by atoms with Gasteiger partial charge < -0.3 is 9.64 Å². The fourth-order valence-electron chi connectivity index (χ4n) is 1.20. The van der Waals surface area contributed by atoms with E-state index < -0.39 is 0 Å². The minimum absolute atomic E-state index is 0.421. The Labute approximate surface area is 84.9 Å². The van der Waals surface area contributed by atoms with E-state index in [9.17, 15) is 0 Å². The number of methoxy groups -OCH3 is 1. The quantitative estimate of drug-likeness (QED) is 0.710. The van der Waals surface area contributed by atoms with Crippen LogP contribution in [0, 0.1) is 0 Å². The van der Waals surface area contributed by atoms with E-state index in [1.165, 1.54) is 0 Å². The van der Waals surface area contributed by atoms with Gasteiger partial charge in [0.05, 0.1) is 0 Å². The molecule has 4 nitrogen and oxygen atoms in total. The van der Waals surface area contributed by atoms with Gasteiger partial charge in [0.25, 0.3) is 0 Å². The molecule has 1 heterocycles. The molecule has 0 N–H and O–H groups in total. The van der Waals surface area contributed by atoms with Crippen LogP contribution in [0.4, 0.5) is 5.82 Å². The van der Waals surface area contributed by atoms with Gasteiger partial charge in [-0.05, 0) is 19.4 Å². The number of hydrogen-bond acceptors (Lipinski definition) is 4. The summed E-state index contributed by atoms with van der Waals surface area (Å²) in [5, 5.41) is 0. The molecule has 0 spiro atoms. The first kappa shape index (κ1) is 10.9. The van der Waals surface area contributed by atoms with Gasteiger partial charge in [-0.2, -0.15) is 0 Å². The van der Waals surface area contributed by atoms with E-state index in [4.69, 9.17) is 4.74 Å². The third kappa shape index (κ3) is 2.96. The molecular weight excluding hydrogens is 178 g/mol. The highest BCUT2D eigenvalue weighted by atomic mass is 16.5. The van der Waals surface area contributed by atoms with E-state index in [-0.39, 0.29) is 0 Å². The molecule has 0 saturated carbocycles. The number of aromatic nitrogens is 2. The summed E-state index contributed by atoms with van der Waals surface area (Å²) in [5.74, 6) is 0.948. The fourth-order valence-corrected chi connectivity index (χ4v) is 1.20. The average Bonchev–Trinajstić information content (AvgIpc) is 2.26. The van der Waals surface area contributed by atoms with Gasteiger partial charge in [-0.3, -0.25) is 0 Å². The summed E-state index contributed by atoms with van der Waals surface area (Å²) in [6.45, 7) is 2.93. The van der Waals surface area contributed by atoms with E-state index in [0.29, 0.717) is 6.04 Å². The van der Waals surface area contributed by atoms with E-state index in [2.05, 4.69) is 21.8 Å². The monoisotopic (exact) mass is 195 g/mol. The van der Waals surface area contributed by atoms with Gasteiger partial charge in [0.15, 0.2) is 0 Å². The molecule has 0 saturated heterocycles. The van der Waals surface area contributed by atoms with Crippen molar-refractivity contribution in [3.8, 4) is 0 Å². The lowest BCUT2D eigenvalue weighted by Crippen LogP contribution is -2.30. The molecule has 0 radical (unpaired) electrons. The molecule has 1 aromatic rings. The van der Waals surface area contributed by atoms with Crippen molar-refractivity contribution < 1.29 is 4.74 Å². The van der Waals surface area contributed by atoms with Gasteiger partial charge in [0, 0.05) is 33.0 Å². The van der Waals surface area contributed by atoms with Crippen LogP contribution in [0.15, 0.2) is 18.6 Å². The molecule has 78 valence electrons. The predicted octanol–water partition coefficient (Wildman–Crippen LogP) is 1.34. The second kappa shape index (κ2) is 5.54. The molecule has 0 aromatic carbocycles. The standard InChI is InChI=1S/C10H17N3O/c1-9(5-7-14-3)13(2)10-4-6-11-8-12-10/h4,6,8-9H,5,7H2,1-3H3. The van der Waals surface area contributed by atoms with Gasteiger partial charge in [-0.15, -0.1) is 0 Å². The van der Waals surface area contributed by atoms with Crippen LogP contribution in [-0.2, 0) is 4.74 Å². The Morgan fingerprint density at radius 2 is 2.36 bits per heavy atom. The lowest BCUT2D eigenvalue weighted by molar-refractivity contribution is 0.189. The van der Waals surface area contributed by atoms with Crippen LogP contribution in [-0.4, -0.2) is 36.8 Å². The highest BCUT2D eigenvalue weighted by Crippen LogP contribution is 2.11. The van der Waals surface area contributed by atoms with E-state index in [1.807, 2.05) is 13.1 Å². The van der Waals surface area contributed by atoms with Crippen molar-refractivity contribution in [2.75, 3.05) is 25.7 Å². The molecule has 0 amide bonds. The first-order chi connectivity index (χ1) is 6.75. The summed E-state index contributed by atoms with van der Waals surface area (Å²) in [7, 11) is 3.75. The zero-order valence-corrected chi connectivity index (χ0v) is 8.97. The first-order valence-electron chi connectivity index (χ1n) is 4.73. The largest absolute Gasteiger partial charge is 0.385 e. The van der Waals surface area contributed by atoms with Crippen molar-refractivity contribution >= 4 is 5.82 Å². The highest BCUT2D eigenvalue weighted by Gasteiger charge is 2.09. The molecule has 1 atom stereocenters. The van der Waals surface area contributed by atoms with E-state index in [0.717, 1.165) is 18.8 Å². The zero-order chi connectivity index (χ0) is 10.4. The topological polar surface area (TPSA) is 38.2 Å². The number of hydrogen-bond donors (Lipinski definition) is 0. The molecule has 0 bridgehead atoms. The molecule has 0 aliphatic heterocycles. The van der Waals surface area contributed by atoms with Crippen molar-refractivity contribution in [3.05, 3.63) is 18.6 Å². The van der Waals surface area contributed by atoms with Crippen LogP contribution in [0.1, 0.15) is 13.3 Å². The fraction of sp³-hybridized carbons (Fsp3) is 0.600. The second-order valence-electron chi connectivity index (χ2n) is 3.31. The van der Waals surface area contributed by atoms with Crippen LogP contribution in [0.3, 0.4) is 0 Å². The van der Waals surface area contributed by atoms with E-state index >= 15 is 0 Å². The van der Waals surface area contributed by atoms with Gasteiger partial charge in [-0.25, -0.2) is 9.97 Å². The highest BCUT2D eigenvalue weighted by molar-refractivity contribution is 5.36. The molecule has 0 aliphatic rings. The number of rotatable bonds is 5. The van der Waals surface area contributed by atoms with Gasteiger partial charge in [-0.1, -0.05) is 0 Å². The summed E-state index contributed by atoms with van der Waals surface area (Å²) in [5.41, 5.74) is 0. The minimum atomic E-state index is 0.421. The molecule has 1 unspecified atom stereocenters. The third-order valence-corrected chi connectivity index (χ3v) is 2.33. The Kier molecular flexibility index (Phi) is 4.32. The van der Waals surface area contributed by atoms with Crippen LogP contribution in [0.5, 0.6) is 0 Å². The first-order valence-corrected chi connectivity index (χ1v) is 4.73. The molecular formula is C10H17N3O. The Bertz CT molecular complexity index is 253. The lowest BCUT2D eigenvalue weighted by Gasteiger charge is -2.25. The molecule has 1 aromatic heterocycles. The lowest BCUT2D eigenvalue weighted by atomic mass is 10.2. The molecule has 14 heavy (non-hydrogen) atoms. The molecule has 0 aliphatic carbocycles. The van der Waals surface area contributed by atoms with Gasteiger partial charge in [0.1, 0.15) is 12.1 Å². The number of nitrogens with zero attached hydrogens (tertiary/aromatic N) is 3. The summed E-state index contributed by atoms with van der Waals surface area (Å²) in [4.78, 5) is 10.2. The van der Waals surface area contributed by atoms with Crippen molar-refractivity contribution in [3.63, 3.8) is 0 Å².